The highest BCUT2D eigenvalue weighted by molar-refractivity contribution is 6.07. The quantitative estimate of drug-likeness (QED) is 0.328. The predicted molar refractivity (Wildman–Crippen MR) is 125 cm³/mol. The minimum atomic E-state index is -0.247. The molecule has 0 saturated carbocycles. The van der Waals surface area contributed by atoms with Crippen LogP contribution in [0.15, 0.2) is 85.1 Å². The summed E-state index contributed by atoms with van der Waals surface area (Å²) in [6.45, 7) is 2.19. The normalized spacial score (nSPS) is 11.1. The number of amides is 1. The summed E-state index contributed by atoms with van der Waals surface area (Å²) in [5, 5.41) is 2.00. The van der Waals surface area contributed by atoms with Gasteiger partial charge in [-0.25, -0.2) is 4.39 Å². The van der Waals surface area contributed by atoms with Gasteiger partial charge in [0.25, 0.3) is 5.91 Å². The number of benzene rings is 3. The number of hydrogen-bond acceptors (Lipinski definition) is 2. The van der Waals surface area contributed by atoms with Gasteiger partial charge in [-0.1, -0.05) is 48.5 Å². The fraction of sp³-hybridized carbons (Fsp3) is 0.222. The van der Waals surface area contributed by atoms with Crippen LogP contribution in [0.1, 0.15) is 28.0 Å². The van der Waals surface area contributed by atoms with Crippen LogP contribution in [0.3, 0.4) is 0 Å². The van der Waals surface area contributed by atoms with E-state index in [1.165, 1.54) is 6.07 Å². The zero-order chi connectivity index (χ0) is 22.3. The van der Waals surface area contributed by atoms with E-state index in [0.717, 1.165) is 28.5 Å². The molecule has 0 aliphatic heterocycles. The monoisotopic (exact) mass is 430 g/mol. The molecule has 0 aliphatic carbocycles. The van der Waals surface area contributed by atoms with Crippen molar-refractivity contribution in [3.05, 3.63) is 108 Å². The molecule has 32 heavy (non-hydrogen) atoms. The van der Waals surface area contributed by atoms with E-state index in [0.29, 0.717) is 31.8 Å². The van der Waals surface area contributed by atoms with Gasteiger partial charge in [0, 0.05) is 44.3 Å². The summed E-state index contributed by atoms with van der Waals surface area (Å²) in [6.07, 6.45) is 2.72. The number of methoxy groups -OCH3 is 1. The van der Waals surface area contributed by atoms with Crippen molar-refractivity contribution in [2.24, 2.45) is 0 Å². The van der Waals surface area contributed by atoms with E-state index in [1.807, 2.05) is 71.8 Å². The Balaban J connectivity index is 1.60. The first-order chi connectivity index (χ1) is 15.7. The largest absolute Gasteiger partial charge is 0.385 e. The summed E-state index contributed by atoms with van der Waals surface area (Å²) < 4.78 is 20.9. The lowest BCUT2D eigenvalue weighted by Gasteiger charge is -2.24. The van der Waals surface area contributed by atoms with Gasteiger partial charge in [-0.3, -0.25) is 4.79 Å². The van der Waals surface area contributed by atoms with Crippen molar-refractivity contribution in [1.29, 1.82) is 0 Å². The van der Waals surface area contributed by atoms with Gasteiger partial charge >= 0.3 is 0 Å². The number of carbonyl (C=O) groups is 1. The molecular weight excluding hydrogens is 403 g/mol. The van der Waals surface area contributed by atoms with Crippen molar-refractivity contribution in [2.45, 2.75) is 19.5 Å². The number of ether oxygens (including phenoxy) is 1. The van der Waals surface area contributed by atoms with Gasteiger partial charge in [-0.05, 0) is 53.1 Å². The number of fused-ring (bicyclic) bond motifs is 1. The molecule has 0 unspecified atom stereocenters. The van der Waals surface area contributed by atoms with E-state index in [-0.39, 0.29) is 11.7 Å². The Kier molecular flexibility index (Phi) is 6.97. The molecule has 0 radical (unpaired) electrons. The third-order valence-corrected chi connectivity index (χ3v) is 5.60. The molecule has 164 valence electrons. The van der Waals surface area contributed by atoms with Crippen molar-refractivity contribution < 1.29 is 13.9 Å². The molecule has 1 amide bonds. The van der Waals surface area contributed by atoms with E-state index in [1.54, 1.807) is 19.2 Å². The van der Waals surface area contributed by atoms with E-state index in [9.17, 15) is 9.18 Å². The maximum Gasteiger partial charge on any atom is 0.254 e. The van der Waals surface area contributed by atoms with E-state index in [2.05, 4.69) is 4.57 Å². The van der Waals surface area contributed by atoms with Gasteiger partial charge < -0.3 is 14.2 Å². The molecule has 1 heterocycles. The molecule has 4 aromatic rings. The number of halogens is 1. The minimum Gasteiger partial charge on any atom is -0.385 e. The van der Waals surface area contributed by atoms with Gasteiger partial charge in [0.15, 0.2) is 0 Å². The Morgan fingerprint density at radius 2 is 1.81 bits per heavy atom. The van der Waals surface area contributed by atoms with Crippen LogP contribution in [-0.2, 0) is 17.8 Å². The zero-order valence-electron chi connectivity index (χ0n) is 18.2. The molecule has 0 spiro atoms. The maximum atomic E-state index is 13.6. The second-order valence-electron chi connectivity index (χ2n) is 7.86. The highest BCUT2D eigenvalue weighted by Gasteiger charge is 2.19. The third-order valence-electron chi connectivity index (χ3n) is 5.60. The molecule has 0 aliphatic rings. The fourth-order valence-electron chi connectivity index (χ4n) is 4.01. The average molecular weight is 431 g/mol. The first-order valence-electron chi connectivity index (χ1n) is 10.8. The molecule has 0 fully saturated rings. The third kappa shape index (κ3) is 5.06. The van der Waals surface area contributed by atoms with Crippen LogP contribution in [0.5, 0.6) is 0 Å². The van der Waals surface area contributed by atoms with Crippen LogP contribution in [0.2, 0.25) is 0 Å². The first-order valence-corrected chi connectivity index (χ1v) is 10.8. The Hall–Kier alpha value is -3.44. The van der Waals surface area contributed by atoms with E-state index >= 15 is 0 Å². The van der Waals surface area contributed by atoms with Crippen molar-refractivity contribution in [3.63, 3.8) is 0 Å². The maximum absolute atomic E-state index is 13.6. The first kappa shape index (κ1) is 21.8. The summed E-state index contributed by atoms with van der Waals surface area (Å²) in [4.78, 5) is 15.5. The number of rotatable bonds is 9. The summed E-state index contributed by atoms with van der Waals surface area (Å²) in [5.74, 6) is -0.250. The highest BCUT2D eigenvalue weighted by atomic mass is 19.1. The standard InChI is InChI=1S/C27H27FN2O2/c1-32-17-7-16-30(27(31)26-14-5-10-22-9-2-3-13-25(22)26)20-24-12-6-15-29(24)19-21-8-4-11-23(28)18-21/h2-6,8-15,18H,7,16-17,19-20H2,1H3. The van der Waals surface area contributed by atoms with E-state index in [4.69, 9.17) is 4.74 Å². The molecule has 1 aromatic heterocycles. The summed E-state index contributed by atoms with van der Waals surface area (Å²) in [7, 11) is 1.67. The Morgan fingerprint density at radius 3 is 2.66 bits per heavy atom. The Labute approximate surface area is 187 Å². The molecule has 4 nitrogen and oxygen atoms in total. The molecule has 0 bridgehead atoms. The molecule has 5 heteroatoms. The van der Waals surface area contributed by atoms with Crippen molar-refractivity contribution in [1.82, 2.24) is 9.47 Å². The highest BCUT2D eigenvalue weighted by Crippen LogP contribution is 2.21. The zero-order valence-corrected chi connectivity index (χ0v) is 18.2. The van der Waals surface area contributed by atoms with E-state index < -0.39 is 0 Å². The lowest BCUT2D eigenvalue weighted by atomic mass is 10.0. The van der Waals surface area contributed by atoms with Crippen molar-refractivity contribution in [3.8, 4) is 0 Å². The Morgan fingerprint density at radius 1 is 1.00 bits per heavy atom. The molecule has 3 aromatic carbocycles. The summed E-state index contributed by atoms with van der Waals surface area (Å²) >= 11 is 0. The lowest BCUT2D eigenvalue weighted by Crippen LogP contribution is -2.33. The van der Waals surface area contributed by atoms with Crippen LogP contribution in [0.25, 0.3) is 10.8 Å². The second-order valence-corrected chi connectivity index (χ2v) is 7.86. The van der Waals surface area contributed by atoms with Crippen LogP contribution >= 0.6 is 0 Å². The molecule has 0 saturated heterocycles. The fourth-order valence-corrected chi connectivity index (χ4v) is 4.01. The van der Waals surface area contributed by atoms with Crippen LogP contribution in [-0.4, -0.2) is 35.6 Å². The van der Waals surface area contributed by atoms with Gasteiger partial charge in [0.05, 0.1) is 6.54 Å². The van der Waals surface area contributed by atoms with Crippen LogP contribution in [0.4, 0.5) is 4.39 Å². The molecule has 4 rings (SSSR count). The number of aromatic nitrogens is 1. The van der Waals surface area contributed by atoms with Crippen LogP contribution in [0, 0.1) is 5.82 Å². The number of hydrogen-bond donors (Lipinski definition) is 0. The summed E-state index contributed by atoms with van der Waals surface area (Å²) in [5.41, 5.74) is 2.58. The lowest BCUT2D eigenvalue weighted by molar-refractivity contribution is 0.0722. The minimum absolute atomic E-state index is 0.00333. The Bertz CT molecular complexity index is 1200. The predicted octanol–water partition coefficient (Wildman–Crippen LogP) is 5.51. The SMILES string of the molecule is COCCCN(Cc1cccn1Cc1cccc(F)c1)C(=O)c1cccc2ccccc12. The van der Waals surface area contributed by atoms with Crippen molar-refractivity contribution in [2.75, 3.05) is 20.3 Å². The van der Waals surface area contributed by atoms with Crippen LogP contribution < -0.4 is 0 Å². The number of nitrogens with zero attached hydrogens (tertiary/aromatic N) is 2. The second kappa shape index (κ2) is 10.2. The molecule has 0 atom stereocenters. The topological polar surface area (TPSA) is 34.5 Å². The molecule has 0 N–H and O–H groups in total. The number of carbonyl (C=O) groups excluding carboxylic acids is 1. The molecular formula is C27H27FN2O2. The van der Waals surface area contributed by atoms with Gasteiger partial charge in [-0.15, -0.1) is 0 Å². The summed E-state index contributed by atoms with van der Waals surface area (Å²) in [6, 6.07) is 24.4. The van der Waals surface area contributed by atoms with Gasteiger partial charge in [0.1, 0.15) is 5.82 Å². The average Bonchev–Trinajstić information content (AvgIpc) is 3.24. The van der Waals surface area contributed by atoms with Gasteiger partial charge in [0.2, 0.25) is 0 Å². The van der Waals surface area contributed by atoms with Gasteiger partial charge in [-0.2, -0.15) is 0 Å². The van der Waals surface area contributed by atoms with Crippen molar-refractivity contribution >= 4 is 16.7 Å². The smallest absolute Gasteiger partial charge is 0.254 e.